The molecule has 446 valence electrons. The van der Waals surface area contributed by atoms with Gasteiger partial charge < -0.3 is 19.5 Å². The van der Waals surface area contributed by atoms with Crippen LogP contribution in [0.15, 0.2) is 52.6 Å². The van der Waals surface area contributed by atoms with Crippen LogP contribution in [0.5, 0.6) is 0 Å². The van der Waals surface area contributed by atoms with Crippen molar-refractivity contribution in [2.45, 2.75) is 231 Å². The fourth-order valence-electron chi connectivity index (χ4n) is 21.7. The topological polar surface area (TPSA) is 164 Å². The summed E-state index contributed by atoms with van der Waals surface area (Å²) >= 11 is 0. The molecule has 80 heavy (non-hydrogen) atoms. The van der Waals surface area contributed by atoms with Crippen LogP contribution in [-0.2, 0) is 34.4 Å². The SMILES string of the molecule is CC1=C2C[C@H]3[C@@H](CC[C@@H]4C[C@H](NS(C)(=O)=O)CC[C@@]43C)[C@@H]2CC[C@@]2(C1)O[C@@H]1C[C@H](C)CN(O)[C@H]1[C@H]2C.CC1=C2C[C@H]3[C@@H](CC[C@@H]4C[C@H](NS(C)(=O)=O)CC[C@@]43C)[C@@H]2CC[C@@]2(C1)O[C@@H]1C[C@H](C)CN(OC(=O)c3ccccc3)[C@H]1[C@H]2C. The van der Waals surface area contributed by atoms with Crippen LogP contribution in [-0.4, -0.2) is 111 Å². The lowest BCUT2D eigenvalue weighted by Crippen LogP contribution is -2.52. The van der Waals surface area contributed by atoms with Gasteiger partial charge in [0.05, 0.1) is 53.6 Å². The molecule has 0 bridgehead atoms. The molecule has 1 aromatic rings. The van der Waals surface area contributed by atoms with Gasteiger partial charge in [0.1, 0.15) is 0 Å². The van der Waals surface area contributed by atoms with Crippen molar-refractivity contribution in [1.29, 1.82) is 0 Å². The van der Waals surface area contributed by atoms with E-state index >= 15 is 0 Å². The Hall–Kier alpha value is -2.21. The molecule has 8 aliphatic carbocycles. The Bertz CT molecular complexity index is 2810. The van der Waals surface area contributed by atoms with Crippen molar-refractivity contribution in [3.8, 4) is 0 Å². The third-order valence-corrected chi connectivity index (χ3v) is 26.9. The van der Waals surface area contributed by atoms with Crippen molar-refractivity contribution in [2.75, 3.05) is 25.6 Å². The number of carbonyl (C=O) groups is 1. The van der Waals surface area contributed by atoms with Gasteiger partial charge in [0.25, 0.3) is 0 Å². The lowest BCUT2D eigenvalue weighted by atomic mass is 9.52. The molecule has 0 unspecified atom stereocenters. The number of benzene rings is 1. The average Bonchev–Trinajstić information content (AvgIpc) is 4.11. The van der Waals surface area contributed by atoms with Crippen LogP contribution in [0, 0.1) is 81.8 Å². The molecule has 1 aromatic carbocycles. The maximum absolute atomic E-state index is 13.1. The van der Waals surface area contributed by atoms with Gasteiger partial charge in [0, 0.05) is 37.0 Å². The Balaban J connectivity index is 0.000000162. The molecule has 22 atom stereocenters. The molecule has 10 fully saturated rings. The number of sulfonamides is 2. The summed E-state index contributed by atoms with van der Waals surface area (Å²) in [5.41, 5.74) is 7.42. The van der Waals surface area contributed by atoms with E-state index in [4.69, 9.17) is 14.3 Å². The summed E-state index contributed by atoms with van der Waals surface area (Å²) in [5, 5.41) is 14.4. The van der Waals surface area contributed by atoms with Crippen molar-refractivity contribution in [1.82, 2.24) is 19.6 Å². The van der Waals surface area contributed by atoms with E-state index in [1.165, 1.54) is 63.9 Å². The van der Waals surface area contributed by atoms with Crippen molar-refractivity contribution >= 4 is 26.0 Å². The molecule has 15 heteroatoms. The highest BCUT2D eigenvalue weighted by molar-refractivity contribution is 7.89. The summed E-state index contributed by atoms with van der Waals surface area (Å²) in [6.07, 6.45) is 25.1. The number of ether oxygens (including phenoxy) is 2. The van der Waals surface area contributed by atoms with E-state index in [0.717, 1.165) is 108 Å². The number of carbonyl (C=O) groups excluding carboxylic acids is 1. The zero-order valence-electron chi connectivity index (χ0n) is 50.3. The smallest absolute Gasteiger partial charge is 0.357 e. The van der Waals surface area contributed by atoms with Gasteiger partial charge in [0.15, 0.2) is 0 Å². The minimum Gasteiger partial charge on any atom is -0.369 e. The quantitative estimate of drug-likeness (QED) is 0.232. The number of nitrogens with zero attached hydrogens (tertiary/aromatic N) is 2. The van der Waals surface area contributed by atoms with E-state index in [9.17, 15) is 26.8 Å². The first kappa shape index (κ1) is 58.2. The molecule has 13 rings (SSSR count). The molecule has 6 saturated carbocycles. The zero-order valence-corrected chi connectivity index (χ0v) is 51.9. The molecule has 13 nitrogen and oxygen atoms in total. The van der Waals surface area contributed by atoms with Crippen molar-refractivity contribution < 1.29 is 41.1 Å². The van der Waals surface area contributed by atoms with Gasteiger partial charge in [-0.05, 0) is 224 Å². The van der Waals surface area contributed by atoms with Crippen molar-refractivity contribution in [3.05, 3.63) is 58.2 Å². The number of fused-ring (bicyclic) bond motifs is 12. The molecule has 0 aromatic heterocycles. The maximum atomic E-state index is 13.1. The molecular weight excluding hydrogens is 1040 g/mol. The Morgan fingerprint density at radius 3 is 1.57 bits per heavy atom. The van der Waals surface area contributed by atoms with Crippen LogP contribution in [0.2, 0.25) is 0 Å². The van der Waals surface area contributed by atoms with E-state index in [0.29, 0.717) is 63.7 Å². The number of hydrogen-bond acceptors (Lipinski definition) is 11. The predicted molar refractivity (Wildman–Crippen MR) is 312 cm³/mol. The number of allylic oxidation sites excluding steroid dienone is 2. The lowest BCUT2D eigenvalue weighted by molar-refractivity contribution is -0.182. The average molecular weight is 1150 g/mol. The first-order chi connectivity index (χ1) is 37.8. The minimum atomic E-state index is -3.17. The number of hydrogen-bond donors (Lipinski definition) is 3. The monoisotopic (exact) mass is 1140 g/mol. The summed E-state index contributed by atoms with van der Waals surface area (Å²) < 4.78 is 67.6. The predicted octanol–water partition coefficient (Wildman–Crippen LogP) is 11.6. The van der Waals surface area contributed by atoms with Gasteiger partial charge in [-0.1, -0.05) is 82.0 Å². The molecule has 4 saturated heterocycles. The van der Waals surface area contributed by atoms with Crippen LogP contribution >= 0.6 is 0 Å². The summed E-state index contributed by atoms with van der Waals surface area (Å²) in [6.45, 7) is 20.5. The van der Waals surface area contributed by atoms with Gasteiger partial charge in [0.2, 0.25) is 20.0 Å². The van der Waals surface area contributed by atoms with Crippen LogP contribution in [0.4, 0.5) is 0 Å². The first-order valence-electron chi connectivity index (χ1n) is 31.9. The fourth-order valence-corrected chi connectivity index (χ4v) is 23.3. The second kappa shape index (κ2) is 21.3. The number of rotatable bonds is 6. The van der Waals surface area contributed by atoms with E-state index in [-0.39, 0.29) is 59.5 Å². The van der Waals surface area contributed by atoms with E-state index in [1.807, 2.05) is 35.4 Å². The van der Waals surface area contributed by atoms with Crippen LogP contribution in [0.3, 0.4) is 0 Å². The highest BCUT2D eigenvalue weighted by Gasteiger charge is 2.63. The van der Waals surface area contributed by atoms with Crippen LogP contribution in [0.1, 0.15) is 194 Å². The van der Waals surface area contributed by atoms with Crippen LogP contribution in [0.25, 0.3) is 0 Å². The molecule has 2 spiro atoms. The summed E-state index contributed by atoms with van der Waals surface area (Å²) in [6, 6.07) is 9.74. The van der Waals surface area contributed by atoms with Gasteiger partial charge in [-0.15, -0.1) is 5.06 Å². The first-order valence-corrected chi connectivity index (χ1v) is 35.7. The Kier molecular flexibility index (Phi) is 15.5. The second-order valence-electron chi connectivity index (χ2n) is 30.1. The summed E-state index contributed by atoms with van der Waals surface area (Å²) in [5.74, 6) is 6.65. The third kappa shape index (κ3) is 10.4. The molecule has 4 aliphatic heterocycles. The molecule has 4 heterocycles. The molecule has 12 aliphatic rings. The Labute approximate surface area is 481 Å². The second-order valence-corrected chi connectivity index (χ2v) is 33.7. The van der Waals surface area contributed by atoms with Crippen molar-refractivity contribution in [2.24, 2.45) is 81.8 Å². The van der Waals surface area contributed by atoms with Gasteiger partial charge in [-0.2, -0.15) is 5.06 Å². The number of hydroxylamine groups is 4. The van der Waals surface area contributed by atoms with E-state index < -0.39 is 20.0 Å². The Morgan fingerprint density at radius 1 is 0.625 bits per heavy atom. The van der Waals surface area contributed by atoms with Gasteiger partial charge in [-0.25, -0.2) is 31.1 Å². The number of piperidine rings is 2. The van der Waals surface area contributed by atoms with Gasteiger partial charge >= 0.3 is 5.97 Å². The number of nitrogens with one attached hydrogen (secondary N) is 2. The zero-order chi connectivity index (χ0) is 56.6. The molecule has 0 amide bonds. The normalized spacial score (nSPS) is 47.3. The summed E-state index contributed by atoms with van der Waals surface area (Å²) in [4.78, 5) is 19.2. The molecular formula is C65H100N4O9S2. The maximum Gasteiger partial charge on any atom is 0.357 e. The van der Waals surface area contributed by atoms with Crippen LogP contribution < -0.4 is 9.44 Å². The van der Waals surface area contributed by atoms with Gasteiger partial charge in [-0.3, -0.25) is 0 Å². The van der Waals surface area contributed by atoms with Crippen molar-refractivity contribution in [3.63, 3.8) is 0 Å². The molecule has 0 radical (unpaired) electrons. The molecule has 3 N–H and O–H groups in total. The lowest BCUT2D eigenvalue weighted by Gasteiger charge is -2.54. The largest absolute Gasteiger partial charge is 0.369 e. The van der Waals surface area contributed by atoms with E-state index in [2.05, 4.69) is 64.8 Å². The third-order valence-electron chi connectivity index (χ3n) is 25.4. The highest BCUT2D eigenvalue weighted by Crippen LogP contribution is 2.67. The van der Waals surface area contributed by atoms with E-state index in [1.54, 1.807) is 27.4 Å². The minimum absolute atomic E-state index is 0.0749. The highest BCUT2D eigenvalue weighted by atomic mass is 32.2. The fraction of sp³-hybridized carbons (Fsp3) is 0.831. The Morgan fingerprint density at radius 2 is 1.09 bits per heavy atom. The summed E-state index contributed by atoms with van der Waals surface area (Å²) in [7, 11) is -6.32. The standard InChI is InChI=1S/C36H52N2O5S.C29H48N2O4S/c1-22-17-32-33(38(21-22)43-34(39)25-9-7-6-8-10-25)24(3)36(42-32)16-14-28-29-12-11-26-18-27(37-44(5,40)41)13-15-35(26,4)31(29)19-30(28)23(2)20-36;1-17-12-26-27(31(32)16-17)19(3)29(35-26)11-9-22-23-7-6-20-13-21(30-36(5,33)34)8-10-28(20,4)25(23)14-24(22)18(2)15-29/h6-10,22,24,26-29,31-33,37H,11-21H2,1-5H3;17,19-23,25-27,30,32H,6-16H2,1-5H3/t22-,24+,26+,27+,28-,29-,31-,32+,33-,35-,36-;17-,19+,20+,21+,22-,23-,25-,26+,27-,28-,29-/m00/s1.